The number of aromatic nitrogens is 4. The second kappa shape index (κ2) is 4.64. The molecule has 0 aliphatic heterocycles. The van der Waals surface area contributed by atoms with Gasteiger partial charge in [-0.1, -0.05) is 20.8 Å². The molecule has 0 aromatic carbocycles. The summed E-state index contributed by atoms with van der Waals surface area (Å²) in [5, 5.41) is 13.7. The minimum Gasteiger partial charge on any atom is -0.308 e. The van der Waals surface area contributed by atoms with Gasteiger partial charge in [0.25, 0.3) is 0 Å². The molecule has 0 atom stereocenters. The van der Waals surface area contributed by atoms with E-state index in [1.54, 1.807) is 23.1 Å². The van der Waals surface area contributed by atoms with Crippen molar-refractivity contribution in [1.29, 1.82) is 0 Å². The fourth-order valence-electron chi connectivity index (χ4n) is 1.49. The molecule has 0 spiro atoms. The molecule has 18 heavy (non-hydrogen) atoms. The van der Waals surface area contributed by atoms with Gasteiger partial charge in [-0.05, 0) is 6.07 Å². The monoisotopic (exact) mass is 247 g/mol. The van der Waals surface area contributed by atoms with Crippen LogP contribution in [-0.4, -0.2) is 25.9 Å². The van der Waals surface area contributed by atoms with E-state index >= 15 is 0 Å². The van der Waals surface area contributed by atoms with Gasteiger partial charge < -0.3 is 5.32 Å². The summed E-state index contributed by atoms with van der Waals surface area (Å²) in [5.74, 6) is 0.391. The van der Waals surface area contributed by atoms with Gasteiger partial charge in [0.05, 0.1) is 0 Å². The first-order valence-electron chi connectivity index (χ1n) is 5.78. The predicted molar refractivity (Wildman–Crippen MR) is 68.1 cm³/mol. The lowest BCUT2D eigenvalue weighted by Gasteiger charge is -2.14. The van der Waals surface area contributed by atoms with Crippen molar-refractivity contribution in [2.75, 3.05) is 5.32 Å². The average molecular weight is 247 g/mol. The summed E-state index contributed by atoms with van der Waals surface area (Å²) in [4.78, 5) is 11.7. The fraction of sp³-hybridized carbons (Fsp3) is 0.417. The molecule has 2 heterocycles. The zero-order valence-corrected chi connectivity index (χ0v) is 10.8. The van der Waals surface area contributed by atoms with Crippen molar-refractivity contribution in [3.05, 3.63) is 30.2 Å². The number of carbonyl (C=O) groups is 1. The van der Waals surface area contributed by atoms with Crippen molar-refractivity contribution in [3.63, 3.8) is 0 Å². The Morgan fingerprint density at radius 2 is 2.28 bits per heavy atom. The van der Waals surface area contributed by atoms with Crippen LogP contribution in [0.25, 0.3) is 0 Å². The Kier molecular flexibility index (Phi) is 3.18. The molecule has 2 N–H and O–H groups in total. The molecule has 1 amide bonds. The van der Waals surface area contributed by atoms with Gasteiger partial charge in [-0.25, -0.2) is 0 Å². The second-order valence-electron chi connectivity index (χ2n) is 5.17. The minimum absolute atomic E-state index is 0.0159. The van der Waals surface area contributed by atoms with Gasteiger partial charge >= 0.3 is 0 Å². The van der Waals surface area contributed by atoms with Gasteiger partial charge in [-0.15, -0.1) is 0 Å². The lowest BCUT2D eigenvalue weighted by Crippen LogP contribution is -2.19. The Balaban J connectivity index is 1.97. The lowest BCUT2D eigenvalue weighted by atomic mass is 9.92. The van der Waals surface area contributed by atoms with Gasteiger partial charge in [0, 0.05) is 29.6 Å². The first-order valence-corrected chi connectivity index (χ1v) is 5.78. The second-order valence-corrected chi connectivity index (χ2v) is 5.17. The molecule has 2 aromatic heterocycles. The molecule has 0 bridgehead atoms. The Bertz CT molecular complexity index is 521. The maximum atomic E-state index is 11.7. The van der Waals surface area contributed by atoms with Gasteiger partial charge in [0.2, 0.25) is 5.91 Å². The number of nitrogens with zero attached hydrogens (tertiary/aromatic N) is 3. The van der Waals surface area contributed by atoms with Crippen molar-refractivity contribution in [2.45, 2.75) is 32.7 Å². The summed E-state index contributed by atoms with van der Waals surface area (Å²) in [6.07, 6.45) is 3.38. The summed E-state index contributed by atoms with van der Waals surface area (Å²) in [5.41, 5.74) is 0.967. The summed E-state index contributed by atoms with van der Waals surface area (Å²) in [6, 6.07) is 3.63. The van der Waals surface area contributed by atoms with Crippen LogP contribution in [0.5, 0.6) is 0 Å². The number of amides is 1. The zero-order valence-electron chi connectivity index (χ0n) is 10.8. The van der Waals surface area contributed by atoms with Crippen molar-refractivity contribution in [2.24, 2.45) is 0 Å². The highest BCUT2D eigenvalue weighted by Crippen LogP contribution is 2.21. The molecule has 0 unspecified atom stereocenters. The number of carbonyl (C=O) groups excluding carboxylic acids is 1. The van der Waals surface area contributed by atoms with Crippen LogP contribution in [0.3, 0.4) is 0 Å². The van der Waals surface area contributed by atoms with Crippen LogP contribution in [0.4, 0.5) is 5.82 Å². The van der Waals surface area contributed by atoms with Crippen LogP contribution in [0.2, 0.25) is 0 Å². The van der Waals surface area contributed by atoms with Crippen LogP contribution < -0.4 is 5.32 Å². The van der Waals surface area contributed by atoms with E-state index in [1.165, 1.54) is 0 Å². The number of H-pyrrole nitrogens is 1. The number of aromatic amines is 1. The standard InChI is InChI=1S/C12H17N5O/c1-12(2,3)9-7-10(16-15-9)14-11(18)8-17-6-4-5-13-17/h4-7H,8H2,1-3H3,(H2,14,15,16,18). The van der Waals surface area contributed by atoms with Crippen LogP contribution >= 0.6 is 0 Å². The topological polar surface area (TPSA) is 75.6 Å². The fourth-order valence-corrected chi connectivity index (χ4v) is 1.49. The predicted octanol–water partition coefficient (Wildman–Crippen LogP) is 1.54. The summed E-state index contributed by atoms with van der Waals surface area (Å²) >= 11 is 0. The van der Waals surface area contributed by atoms with Crippen LogP contribution in [-0.2, 0) is 16.8 Å². The molecule has 0 saturated heterocycles. The van der Waals surface area contributed by atoms with E-state index in [0.29, 0.717) is 5.82 Å². The molecule has 0 fully saturated rings. The molecule has 6 heteroatoms. The molecule has 6 nitrogen and oxygen atoms in total. The first-order chi connectivity index (χ1) is 8.45. The third-order valence-electron chi connectivity index (χ3n) is 2.52. The molecular formula is C12H17N5O. The zero-order chi connectivity index (χ0) is 13.2. The summed E-state index contributed by atoms with van der Waals surface area (Å²) < 4.78 is 1.56. The highest BCUT2D eigenvalue weighted by Gasteiger charge is 2.17. The van der Waals surface area contributed by atoms with Crippen molar-refractivity contribution >= 4 is 11.7 Å². The highest BCUT2D eigenvalue weighted by molar-refractivity contribution is 5.89. The van der Waals surface area contributed by atoms with Crippen LogP contribution in [0.15, 0.2) is 24.5 Å². The SMILES string of the molecule is CC(C)(C)c1cc(NC(=O)Cn2cccn2)n[nH]1. The van der Waals surface area contributed by atoms with Crippen LogP contribution in [0, 0.1) is 0 Å². The maximum absolute atomic E-state index is 11.7. The Labute approximate surface area is 105 Å². The lowest BCUT2D eigenvalue weighted by molar-refractivity contribution is -0.116. The van der Waals surface area contributed by atoms with E-state index in [-0.39, 0.29) is 17.9 Å². The maximum Gasteiger partial charge on any atom is 0.247 e. The van der Waals surface area contributed by atoms with Gasteiger partial charge in [0.15, 0.2) is 5.82 Å². The number of nitrogens with one attached hydrogen (secondary N) is 2. The van der Waals surface area contributed by atoms with E-state index in [1.807, 2.05) is 6.07 Å². The Morgan fingerprint density at radius 3 is 2.83 bits per heavy atom. The number of hydrogen-bond donors (Lipinski definition) is 2. The molecule has 0 aliphatic carbocycles. The van der Waals surface area contributed by atoms with Gasteiger partial charge in [-0.2, -0.15) is 10.2 Å². The van der Waals surface area contributed by atoms with Crippen LogP contribution in [0.1, 0.15) is 26.5 Å². The molecule has 0 aliphatic rings. The summed E-state index contributed by atoms with van der Waals surface area (Å²) in [7, 11) is 0. The smallest absolute Gasteiger partial charge is 0.247 e. The van der Waals surface area contributed by atoms with Gasteiger partial charge in [-0.3, -0.25) is 14.6 Å². The molecule has 96 valence electrons. The molecule has 2 aromatic rings. The highest BCUT2D eigenvalue weighted by atomic mass is 16.2. The average Bonchev–Trinajstić information content (AvgIpc) is 2.87. The van der Waals surface area contributed by atoms with E-state index in [0.717, 1.165) is 5.69 Å². The minimum atomic E-state index is -0.148. The van der Waals surface area contributed by atoms with E-state index in [9.17, 15) is 4.79 Å². The largest absolute Gasteiger partial charge is 0.308 e. The quantitative estimate of drug-likeness (QED) is 0.863. The van der Waals surface area contributed by atoms with E-state index in [2.05, 4.69) is 41.4 Å². The van der Waals surface area contributed by atoms with Crippen molar-refractivity contribution in [1.82, 2.24) is 20.0 Å². The third-order valence-corrected chi connectivity index (χ3v) is 2.52. The van der Waals surface area contributed by atoms with Gasteiger partial charge in [0.1, 0.15) is 6.54 Å². The molecule has 2 rings (SSSR count). The molecule has 0 radical (unpaired) electrons. The molecular weight excluding hydrogens is 230 g/mol. The van der Waals surface area contributed by atoms with E-state index < -0.39 is 0 Å². The molecule has 0 saturated carbocycles. The van der Waals surface area contributed by atoms with Crippen molar-refractivity contribution in [3.8, 4) is 0 Å². The van der Waals surface area contributed by atoms with E-state index in [4.69, 9.17) is 0 Å². The Morgan fingerprint density at radius 1 is 1.50 bits per heavy atom. The number of hydrogen-bond acceptors (Lipinski definition) is 3. The number of rotatable bonds is 3. The third kappa shape index (κ3) is 2.97. The normalized spacial score (nSPS) is 11.5. The number of anilines is 1. The summed E-state index contributed by atoms with van der Waals surface area (Å²) in [6.45, 7) is 6.42. The van der Waals surface area contributed by atoms with Crippen molar-refractivity contribution < 1.29 is 4.79 Å². The Hall–Kier alpha value is -2.11. The first kappa shape index (κ1) is 12.3.